The smallest absolute Gasteiger partial charge is 0.335 e. The van der Waals surface area contributed by atoms with E-state index >= 15 is 0 Å². The molecule has 0 atom stereocenters. The van der Waals surface area contributed by atoms with Crippen LogP contribution in [0, 0.1) is 0 Å². The Bertz CT molecular complexity index is 661. The van der Waals surface area contributed by atoms with Gasteiger partial charge in [-0.2, -0.15) is 4.31 Å². The van der Waals surface area contributed by atoms with Gasteiger partial charge >= 0.3 is 5.97 Å². The molecule has 1 fully saturated rings. The van der Waals surface area contributed by atoms with E-state index in [1.165, 1.54) is 16.4 Å². The number of anilines is 1. The first-order chi connectivity index (χ1) is 9.32. The Labute approximate surface area is 118 Å². The summed E-state index contributed by atoms with van der Waals surface area (Å²) in [4.78, 5) is 10.7. The number of nitrogen functional groups attached to an aromatic ring is 1. The van der Waals surface area contributed by atoms with E-state index in [2.05, 4.69) is 0 Å². The highest BCUT2D eigenvalue weighted by molar-refractivity contribution is 7.89. The molecule has 1 heterocycles. The first-order valence-electron chi connectivity index (χ1n) is 5.80. The van der Waals surface area contributed by atoms with Crippen molar-refractivity contribution in [1.29, 1.82) is 0 Å². The van der Waals surface area contributed by atoms with Gasteiger partial charge in [0.1, 0.15) is 4.90 Å². The van der Waals surface area contributed by atoms with Crippen LogP contribution in [0.4, 0.5) is 5.69 Å². The Morgan fingerprint density at radius 1 is 1.30 bits per heavy atom. The molecule has 1 aromatic carbocycles. The summed E-state index contributed by atoms with van der Waals surface area (Å²) in [5.41, 5.74) is 5.48. The van der Waals surface area contributed by atoms with Crippen LogP contribution in [0.15, 0.2) is 23.1 Å². The molecule has 1 aliphatic rings. The van der Waals surface area contributed by atoms with Crippen LogP contribution < -0.4 is 5.73 Å². The van der Waals surface area contributed by atoms with Gasteiger partial charge in [-0.05, 0) is 18.2 Å². The minimum Gasteiger partial charge on any atom is -0.478 e. The van der Waals surface area contributed by atoms with Gasteiger partial charge in [-0.25, -0.2) is 13.2 Å². The second kappa shape index (κ2) is 5.51. The van der Waals surface area contributed by atoms with Crippen molar-refractivity contribution in [2.75, 3.05) is 30.3 Å². The minimum atomic E-state index is -3.78. The number of nitrogens with two attached hydrogens (primary N) is 1. The van der Waals surface area contributed by atoms with Crippen LogP contribution in [0.2, 0.25) is 0 Å². The Morgan fingerprint density at radius 2 is 1.90 bits per heavy atom. The topological polar surface area (TPSA) is 118 Å². The SMILES string of the molecule is Nc1cc(C(=O)O)ccc1S(=O)(=O)N1CCS(=O)CC1. The van der Waals surface area contributed by atoms with Crippen LogP contribution in [0.1, 0.15) is 10.4 Å². The van der Waals surface area contributed by atoms with Crippen molar-refractivity contribution in [3.05, 3.63) is 23.8 Å². The first-order valence-corrected chi connectivity index (χ1v) is 8.73. The molecule has 9 heteroatoms. The number of hydrogen-bond acceptors (Lipinski definition) is 5. The molecule has 0 radical (unpaired) electrons. The van der Waals surface area contributed by atoms with Gasteiger partial charge in [-0.1, -0.05) is 0 Å². The van der Waals surface area contributed by atoms with Crippen molar-refractivity contribution in [3.8, 4) is 0 Å². The Morgan fingerprint density at radius 3 is 2.40 bits per heavy atom. The van der Waals surface area contributed by atoms with E-state index in [4.69, 9.17) is 10.8 Å². The van der Waals surface area contributed by atoms with Crippen molar-refractivity contribution in [2.45, 2.75) is 4.90 Å². The molecule has 1 saturated heterocycles. The third kappa shape index (κ3) is 2.84. The van der Waals surface area contributed by atoms with Crippen LogP contribution in [0.25, 0.3) is 0 Å². The summed E-state index contributed by atoms with van der Waals surface area (Å²) in [7, 11) is -4.76. The number of nitrogens with zero attached hydrogens (tertiary/aromatic N) is 1. The maximum absolute atomic E-state index is 12.4. The summed E-state index contributed by atoms with van der Waals surface area (Å²) >= 11 is 0. The van der Waals surface area contributed by atoms with Crippen molar-refractivity contribution in [1.82, 2.24) is 4.31 Å². The summed E-state index contributed by atoms with van der Waals surface area (Å²) in [6.07, 6.45) is 0. The number of aromatic carboxylic acids is 1. The number of carboxylic acids is 1. The highest BCUT2D eigenvalue weighted by Crippen LogP contribution is 2.24. The molecule has 20 heavy (non-hydrogen) atoms. The number of hydrogen-bond donors (Lipinski definition) is 2. The van der Waals surface area contributed by atoms with Crippen molar-refractivity contribution in [2.24, 2.45) is 0 Å². The quantitative estimate of drug-likeness (QED) is 0.740. The molecule has 0 saturated carbocycles. The van der Waals surface area contributed by atoms with Gasteiger partial charge in [0, 0.05) is 35.4 Å². The monoisotopic (exact) mass is 318 g/mol. The summed E-state index contributed by atoms with van der Waals surface area (Å²) in [6.45, 7) is 0.351. The van der Waals surface area contributed by atoms with Gasteiger partial charge in [0.15, 0.2) is 0 Å². The molecular weight excluding hydrogens is 304 g/mol. The van der Waals surface area contributed by atoms with Gasteiger partial charge in [-0.3, -0.25) is 4.21 Å². The fraction of sp³-hybridized carbons (Fsp3) is 0.364. The zero-order valence-electron chi connectivity index (χ0n) is 10.5. The maximum atomic E-state index is 12.4. The summed E-state index contributed by atoms with van der Waals surface area (Å²) in [5, 5.41) is 8.83. The fourth-order valence-corrected chi connectivity index (χ4v) is 4.74. The number of carbonyl (C=O) groups is 1. The Kier molecular flexibility index (Phi) is 4.11. The number of rotatable bonds is 3. The number of sulfonamides is 1. The molecule has 0 aromatic heterocycles. The van der Waals surface area contributed by atoms with E-state index < -0.39 is 26.8 Å². The van der Waals surface area contributed by atoms with E-state index in [1.54, 1.807) is 0 Å². The van der Waals surface area contributed by atoms with E-state index in [-0.39, 0.29) is 29.2 Å². The standard InChI is InChI=1S/C11H14N2O5S2/c12-9-7-8(11(14)15)1-2-10(9)20(17,18)13-3-5-19(16)6-4-13/h1-2,7H,3-6,12H2,(H,14,15). The van der Waals surface area contributed by atoms with Gasteiger partial charge < -0.3 is 10.8 Å². The summed E-state index contributed by atoms with van der Waals surface area (Å²) in [5.74, 6) is -0.576. The van der Waals surface area contributed by atoms with Gasteiger partial charge in [0.05, 0.1) is 11.3 Å². The normalized spacial score (nSPS) is 18.0. The third-order valence-corrected chi connectivity index (χ3v) is 6.26. The molecule has 7 nitrogen and oxygen atoms in total. The second-order valence-electron chi connectivity index (χ2n) is 4.31. The Balaban J connectivity index is 2.35. The molecule has 110 valence electrons. The lowest BCUT2D eigenvalue weighted by Gasteiger charge is -2.26. The lowest BCUT2D eigenvalue weighted by Crippen LogP contribution is -2.41. The number of carboxylic acid groups (broad SMARTS) is 1. The highest BCUT2D eigenvalue weighted by atomic mass is 32.2. The zero-order chi connectivity index (χ0) is 14.9. The van der Waals surface area contributed by atoms with Crippen LogP contribution >= 0.6 is 0 Å². The lowest BCUT2D eigenvalue weighted by atomic mass is 10.2. The van der Waals surface area contributed by atoms with Crippen LogP contribution in [-0.2, 0) is 20.8 Å². The van der Waals surface area contributed by atoms with Gasteiger partial charge in [-0.15, -0.1) is 0 Å². The van der Waals surface area contributed by atoms with Crippen molar-refractivity contribution in [3.63, 3.8) is 0 Å². The molecule has 3 N–H and O–H groups in total. The molecule has 2 rings (SSSR count). The van der Waals surface area contributed by atoms with Crippen LogP contribution in [0.5, 0.6) is 0 Å². The van der Waals surface area contributed by atoms with Crippen molar-refractivity contribution < 1.29 is 22.5 Å². The third-order valence-electron chi connectivity index (χ3n) is 3.01. The van der Waals surface area contributed by atoms with E-state index in [0.717, 1.165) is 6.07 Å². The van der Waals surface area contributed by atoms with Crippen molar-refractivity contribution >= 4 is 32.5 Å². The van der Waals surface area contributed by atoms with Gasteiger partial charge in [0.25, 0.3) is 0 Å². The Hall–Kier alpha value is -1.45. The molecule has 1 aromatic rings. The lowest BCUT2D eigenvalue weighted by molar-refractivity contribution is 0.0697. The predicted octanol–water partition coefficient (Wildman–Crippen LogP) is -0.280. The predicted molar refractivity (Wildman–Crippen MR) is 74.4 cm³/mol. The molecule has 0 aliphatic carbocycles. The van der Waals surface area contributed by atoms with Gasteiger partial charge in [0.2, 0.25) is 10.0 Å². The summed E-state index contributed by atoms with van der Waals surface area (Å²) in [6, 6.07) is 3.52. The first kappa shape index (κ1) is 14.9. The average Bonchev–Trinajstić information content (AvgIpc) is 2.38. The van der Waals surface area contributed by atoms with Crippen LogP contribution in [-0.4, -0.2) is 52.6 Å². The molecule has 0 unspecified atom stereocenters. The van der Waals surface area contributed by atoms with E-state index in [9.17, 15) is 17.4 Å². The highest BCUT2D eigenvalue weighted by Gasteiger charge is 2.29. The van der Waals surface area contributed by atoms with Crippen LogP contribution in [0.3, 0.4) is 0 Å². The zero-order valence-corrected chi connectivity index (χ0v) is 12.1. The second-order valence-corrected chi connectivity index (χ2v) is 7.91. The number of benzene rings is 1. The maximum Gasteiger partial charge on any atom is 0.335 e. The van der Waals surface area contributed by atoms with E-state index in [0.29, 0.717) is 11.5 Å². The largest absolute Gasteiger partial charge is 0.478 e. The molecule has 0 spiro atoms. The fourth-order valence-electron chi connectivity index (χ4n) is 1.92. The minimum absolute atomic E-state index is 0.0683. The van der Waals surface area contributed by atoms with E-state index in [1.807, 2.05) is 0 Å². The average molecular weight is 318 g/mol. The molecular formula is C11H14N2O5S2. The molecule has 0 bridgehead atoms. The summed E-state index contributed by atoms with van der Waals surface area (Å²) < 4.78 is 37.3. The molecule has 1 aliphatic heterocycles. The molecule has 0 amide bonds.